The van der Waals surface area contributed by atoms with Gasteiger partial charge in [-0.15, -0.1) is 0 Å². The minimum absolute atomic E-state index is 0.176. The van der Waals surface area contributed by atoms with E-state index >= 15 is 0 Å². The summed E-state index contributed by atoms with van der Waals surface area (Å²) in [5.74, 6) is 0. The Morgan fingerprint density at radius 3 is 2.83 bits per heavy atom. The molecule has 1 aliphatic heterocycles. The van der Waals surface area contributed by atoms with Crippen LogP contribution in [0.5, 0.6) is 0 Å². The third-order valence-electron chi connectivity index (χ3n) is 3.72. The van der Waals surface area contributed by atoms with Gasteiger partial charge in [0.25, 0.3) is 0 Å². The summed E-state index contributed by atoms with van der Waals surface area (Å²) in [6.45, 7) is 8.37. The highest BCUT2D eigenvalue weighted by molar-refractivity contribution is 5.79. The van der Waals surface area contributed by atoms with Gasteiger partial charge in [0.1, 0.15) is 0 Å². The van der Waals surface area contributed by atoms with E-state index in [0.29, 0.717) is 6.04 Å². The van der Waals surface area contributed by atoms with Gasteiger partial charge in [0, 0.05) is 12.0 Å². The summed E-state index contributed by atoms with van der Waals surface area (Å²) >= 11 is 0. The van der Waals surface area contributed by atoms with Crippen LogP contribution in [0.1, 0.15) is 38.8 Å². The average molecular weight is 244 g/mol. The largest absolute Gasteiger partial charge is 0.379 e. The van der Waals surface area contributed by atoms with E-state index in [9.17, 15) is 0 Å². The lowest BCUT2D eigenvalue weighted by Gasteiger charge is -2.19. The molecule has 0 aliphatic carbocycles. The van der Waals surface area contributed by atoms with Crippen LogP contribution in [0.25, 0.3) is 10.9 Å². The molecule has 3 nitrogen and oxygen atoms in total. The lowest BCUT2D eigenvalue weighted by Crippen LogP contribution is -2.13. The van der Waals surface area contributed by atoms with Gasteiger partial charge in [-0.25, -0.2) is 0 Å². The lowest BCUT2D eigenvalue weighted by atomic mass is 9.87. The molecule has 18 heavy (non-hydrogen) atoms. The predicted octanol–water partition coefficient (Wildman–Crippen LogP) is 3.30. The van der Waals surface area contributed by atoms with Gasteiger partial charge in [-0.3, -0.25) is 4.68 Å². The van der Waals surface area contributed by atoms with Gasteiger partial charge in [0.15, 0.2) is 0 Å². The minimum Gasteiger partial charge on any atom is -0.379 e. The second-order valence-electron chi connectivity index (χ2n) is 6.13. The first-order valence-electron chi connectivity index (χ1n) is 6.61. The zero-order chi connectivity index (χ0) is 12.8. The van der Waals surface area contributed by atoms with Crippen LogP contribution in [0.2, 0.25) is 0 Å². The second-order valence-corrected chi connectivity index (χ2v) is 6.13. The van der Waals surface area contributed by atoms with Crippen molar-refractivity contribution < 1.29 is 4.74 Å². The maximum absolute atomic E-state index is 5.47. The fourth-order valence-electron chi connectivity index (χ4n) is 2.51. The monoisotopic (exact) mass is 244 g/mol. The Balaban J connectivity index is 2.10. The van der Waals surface area contributed by atoms with Crippen molar-refractivity contribution in [2.45, 2.75) is 38.6 Å². The van der Waals surface area contributed by atoms with Crippen molar-refractivity contribution in [2.24, 2.45) is 0 Å². The Kier molecular flexibility index (Phi) is 2.67. The van der Waals surface area contributed by atoms with Crippen LogP contribution in [-0.4, -0.2) is 23.0 Å². The fourth-order valence-corrected chi connectivity index (χ4v) is 2.51. The highest BCUT2D eigenvalue weighted by Gasteiger charge is 2.21. The molecule has 1 aromatic heterocycles. The highest BCUT2D eigenvalue weighted by atomic mass is 16.5. The maximum Gasteiger partial charge on any atom is 0.0781 e. The molecule has 1 atom stereocenters. The zero-order valence-corrected chi connectivity index (χ0v) is 11.3. The van der Waals surface area contributed by atoms with Crippen LogP contribution in [0, 0.1) is 0 Å². The van der Waals surface area contributed by atoms with Crippen LogP contribution < -0.4 is 0 Å². The Hall–Kier alpha value is -1.35. The molecule has 0 amide bonds. The van der Waals surface area contributed by atoms with Gasteiger partial charge in [0.2, 0.25) is 0 Å². The minimum atomic E-state index is 0.176. The maximum atomic E-state index is 5.47. The van der Waals surface area contributed by atoms with Gasteiger partial charge < -0.3 is 4.74 Å². The van der Waals surface area contributed by atoms with Gasteiger partial charge in [-0.1, -0.05) is 32.9 Å². The average Bonchev–Trinajstić information content (AvgIpc) is 2.95. The van der Waals surface area contributed by atoms with Crippen LogP contribution in [-0.2, 0) is 10.2 Å². The topological polar surface area (TPSA) is 27.1 Å². The van der Waals surface area contributed by atoms with E-state index in [4.69, 9.17) is 4.74 Å². The molecule has 96 valence electrons. The zero-order valence-electron chi connectivity index (χ0n) is 11.3. The van der Waals surface area contributed by atoms with E-state index in [1.165, 1.54) is 16.5 Å². The van der Waals surface area contributed by atoms with Crippen LogP contribution in [0.3, 0.4) is 0 Å². The van der Waals surface area contributed by atoms with Crippen LogP contribution in [0.4, 0.5) is 0 Å². The molecule has 2 aromatic rings. The number of aromatic nitrogens is 2. The van der Waals surface area contributed by atoms with Crippen molar-refractivity contribution in [3.8, 4) is 0 Å². The van der Waals surface area contributed by atoms with E-state index < -0.39 is 0 Å². The molecule has 1 fully saturated rings. The number of hydrogen-bond acceptors (Lipinski definition) is 2. The number of benzene rings is 1. The van der Waals surface area contributed by atoms with Crippen LogP contribution >= 0.6 is 0 Å². The molecule has 0 N–H and O–H groups in total. The number of fused-ring (bicyclic) bond motifs is 1. The SMILES string of the molecule is CC(C)(C)c1ccc2cnn([C@H]3CCOC3)c2c1. The molecule has 3 heteroatoms. The van der Waals surface area contributed by atoms with Crippen molar-refractivity contribution >= 4 is 10.9 Å². The van der Waals surface area contributed by atoms with Crippen molar-refractivity contribution in [3.63, 3.8) is 0 Å². The van der Waals surface area contributed by atoms with E-state index in [1.54, 1.807) is 0 Å². The lowest BCUT2D eigenvalue weighted by molar-refractivity contribution is 0.185. The van der Waals surface area contributed by atoms with Crippen molar-refractivity contribution in [2.75, 3.05) is 13.2 Å². The van der Waals surface area contributed by atoms with E-state index in [0.717, 1.165) is 19.6 Å². The highest BCUT2D eigenvalue weighted by Crippen LogP contribution is 2.29. The summed E-state index contributed by atoms with van der Waals surface area (Å²) in [6.07, 6.45) is 3.02. The quantitative estimate of drug-likeness (QED) is 0.769. The van der Waals surface area contributed by atoms with Gasteiger partial charge >= 0.3 is 0 Å². The first-order valence-corrected chi connectivity index (χ1v) is 6.61. The summed E-state index contributed by atoms with van der Waals surface area (Å²) in [4.78, 5) is 0. The molecule has 0 unspecified atom stereocenters. The summed E-state index contributed by atoms with van der Waals surface area (Å²) < 4.78 is 7.60. The first-order chi connectivity index (χ1) is 8.55. The first kappa shape index (κ1) is 11.7. The molecule has 1 saturated heterocycles. The summed E-state index contributed by atoms with van der Waals surface area (Å²) in [6, 6.07) is 7.06. The van der Waals surface area contributed by atoms with Crippen molar-refractivity contribution in [1.29, 1.82) is 0 Å². The smallest absolute Gasteiger partial charge is 0.0781 e. The molecule has 0 spiro atoms. The molecule has 0 saturated carbocycles. The molecular weight excluding hydrogens is 224 g/mol. The van der Waals surface area contributed by atoms with Crippen molar-refractivity contribution in [1.82, 2.24) is 9.78 Å². The Labute approximate surface area is 108 Å². The fraction of sp³-hybridized carbons (Fsp3) is 0.533. The standard InChI is InChI=1S/C15H20N2O/c1-15(2,3)12-5-4-11-9-16-17(14(11)8-12)13-6-7-18-10-13/h4-5,8-9,13H,6-7,10H2,1-3H3/t13-/m0/s1. The number of nitrogens with zero attached hydrogens (tertiary/aromatic N) is 2. The molecule has 3 rings (SSSR count). The predicted molar refractivity (Wildman–Crippen MR) is 72.9 cm³/mol. The van der Waals surface area contributed by atoms with Crippen LogP contribution in [0.15, 0.2) is 24.4 Å². The Morgan fingerprint density at radius 2 is 2.17 bits per heavy atom. The normalized spacial score (nSPS) is 20.7. The molecule has 1 aliphatic rings. The summed E-state index contributed by atoms with van der Waals surface area (Å²) in [7, 11) is 0. The Bertz CT molecular complexity index is 559. The second kappa shape index (κ2) is 4.09. The van der Waals surface area contributed by atoms with E-state index in [1.807, 2.05) is 6.20 Å². The summed E-state index contributed by atoms with van der Waals surface area (Å²) in [5.41, 5.74) is 2.77. The molecular formula is C15H20N2O. The molecule has 0 bridgehead atoms. The molecule has 0 radical (unpaired) electrons. The van der Waals surface area contributed by atoms with Crippen molar-refractivity contribution in [3.05, 3.63) is 30.0 Å². The molecule has 1 aromatic carbocycles. The van der Waals surface area contributed by atoms with Gasteiger partial charge in [0.05, 0.1) is 24.4 Å². The summed E-state index contributed by atoms with van der Waals surface area (Å²) in [5, 5.41) is 5.75. The Morgan fingerprint density at radius 1 is 1.33 bits per heavy atom. The number of hydrogen-bond donors (Lipinski definition) is 0. The van der Waals surface area contributed by atoms with Gasteiger partial charge in [-0.05, 0) is 23.5 Å². The third kappa shape index (κ3) is 1.93. The van der Waals surface area contributed by atoms with Gasteiger partial charge in [-0.2, -0.15) is 5.10 Å². The number of rotatable bonds is 1. The third-order valence-corrected chi connectivity index (χ3v) is 3.72. The van der Waals surface area contributed by atoms with E-state index in [2.05, 4.69) is 48.8 Å². The van der Waals surface area contributed by atoms with E-state index in [-0.39, 0.29) is 5.41 Å². The molecule has 2 heterocycles. The number of ether oxygens (including phenoxy) is 1.